The summed E-state index contributed by atoms with van der Waals surface area (Å²) in [7, 11) is 0. The summed E-state index contributed by atoms with van der Waals surface area (Å²) in [4.78, 5) is 0. The number of hydrogen-bond donors (Lipinski definition) is 1. The van der Waals surface area contributed by atoms with E-state index in [4.69, 9.17) is 4.74 Å². The van der Waals surface area contributed by atoms with Crippen LogP contribution in [0.15, 0.2) is 12.2 Å². The van der Waals surface area contributed by atoms with Crippen LogP contribution in [0.3, 0.4) is 0 Å². The molecule has 2 saturated carbocycles. The first-order valence-corrected chi connectivity index (χ1v) is 5.63. The number of rotatable bonds is 0. The van der Waals surface area contributed by atoms with E-state index in [9.17, 15) is 5.11 Å². The van der Waals surface area contributed by atoms with Crippen LogP contribution in [0.5, 0.6) is 0 Å². The third-order valence-electron chi connectivity index (χ3n) is 5.39. The first-order valence-electron chi connectivity index (χ1n) is 5.63. The Labute approximate surface area is 83.9 Å². The Morgan fingerprint density at radius 1 is 1.29 bits per heavy atom. The van der Waals surface area contributed by atoms with Crippen LogP contribution in [0.25, 0.3) is 0 Å². The lowest BCUT2D eigenvalue weighted by atomic mass is 9.62. The summed E-state index contributed by atoms with van der Waals surface area (Å²) in [5.74, 6) is 1.71. The molecule has 4 fully saturated rings. The molecule has 0 amide bonds. The van der Waals surface area contributed by atoms with Gasteiger partial charge >= 0.3 is 0 Å². The smallest absolute Gasteiger partial charge is 0.0791 e. The summed E-state index contributed by atoms with van der Waals surface area (Å²) < 4.78 is 6.14. The van der Waals surface area contributed by atoms with Crippen molar-refractivity contribution in [2.45, 2.75) is 37.6 Å². The first kappa shape index (κ1) is 7.89. The maximum Gasteiger partial charge on any atom is 0.0791 e. The lowest BCUT2D eigenvalue weighted by Gasteiger charge is -2.47. The molecule has 2 heteroatoms. The van der Waals surface area contributed by atoms with Crippen LogP contribution in [-0.4, -0.2) is 22.4 Å². The molecule has 7 unspecified atom stereocenters. The number of hydrogen-bond acceptors (Lipinski definition) is 2. The molecule has 0 radical (unpaired) electrons. The van der Waals surface area contributed by atoms with Crippen LogP contribution in [0, 0.1) is 23.7 Å². The number of ether oxygens (including phenoxy) is 1. The minimum absolute atomic E-state index is 0.0283. The van der Waals surface area contributed by atoms with Crippen molar-refractivity contribution in [1.29, 1.82) is 0 Å². The predicted octanol–water partition coefficient (Wildman–Crippen LogP) is 1.35. The standard InChI is InChI=1S/C12H16O2/c1-11(13)8-5-9-10(11)7-4-3-6(8)12(7,2)14-9/h3-4,6-10,13H,5H2,1-2H3. The highest BCUT2D eigenvalue weighted by Gasteiger charge is 2.74. The van der Waals surface area contributed by atoms with Gasteiger partial charge in [-0.2, -0.15) is 0 Å². The second kappa shape index (κ2) is 1.83. The highest BCUT2D eigenvalue weighted by atomic mass is 16.5. The molecule has 2 nitrogen and oxygen atoms in total. The largest absolute Gasteiger partial charge is 0.389 e. The van der Waals surface area contributed by atoms with Gasteiger partial charge in [0.15, 0.2) is 0 Å². The Hall–Kier alpha value is -0.340. The summed E-state index contributed by atoms with van der Waals surface area (Å²) in [5.41, 5.74) is -0.458. The van der Waals surface area contributed by atoms with E-state index >= 15 is 0 Å². The molecule has 14 heavy (non-hydrogen) atoms. The first-order chi connectivity index (χ1) is 6.55. The zero-order valence-electron chi connectivity index (χ0n) is 8.60. The van der Waals surface area contributed by atoms with E-state index in [2.05, 4.69) is 19.1 Å². The highest BCUT2D eigenvalue weighted by Crippen LogP contribution is 2.69. The van der Waals surface area contributed by atoms with Crippen LogP contribution in [-0.2, 0) is 4.74 Å². The minimum Gasteiger partial charge on any atom is -0.389 e. The van der Waals surface area contributed by atoms with Gasteiger partial charge in [-0.25, -0.2) is 0 Å². The average Bonchev–Trinajstić information content (AvgIpc) is 2.50. The van der Waals surface area contributed by atoms with Crippen molar-refractivity contribution < 1.29 is 9.84 Å². The molecule has 0 aromatic rings. The van der Waals surface area contributed by atoms with Gasteiger partial charge in [0.2, 0.25) is 0 Å². The fourth-order valence-corrected chi connectivity index (χ4v) is 4.82. The molecule has 6 bridgehead atoms. The van der Waals surface area contributed by atoms with Gasteiger partial charge in [0.25, 0.3) is 0 Å². The van der Waals surface area contributed by atoms with E-state index < -0.39 is 5.60 Å². The van der Waals surface area contributed by atoms with Crippen molar-refractivity contribution in [3.8, 4) is 0 Å². The van der Waals surface area contributed by atoms with Crippen molar-refractivity contribution in [2.24, 2.45) is 23.7 Å². The third kappa shape index (κ3) is 0.537. The molecule has 2 aliphatic heterocycles. The van der Waals surface area contributed by atoms with E-state index in [1.165, 1.54) is 0 Å². The van der Waals surface area contributed by atoms with Crippen molar-refractivity contribution in [1.82, 2.24) is 0 Å². The SMILES string of the molecule is CC1(O)C2CC3OC4(C)C2C=CC4C31. The van der Waals surface area contributed by atoms with Gasteiger partial charge in [0, 0.05) is 17.8 Å². The van der Waals surface area contributed by atoms with Crippen molar-refractivity contribution in [3.05, 3.63) is 12.2 Å². The van der Waals surface area contributed by atoms with Crippen molar-refractivity contribution in [3.63, 3.8) is 0 Å². The number of aliphatic hydroxyl groups is 1. The summed E-state index contributed by atoms with van der Waals surface area (Å²) in [6.45, 7) is 4.25. The molecule has 7 atom stereocenters. The van der Waals surface area contributed by atoms with Gasteiger partial charge in [0.1, 0.15) is 0 Å². The van der Waals surface area contributed by atoms with E-state index in [0.29, 0.717) is 29.8 Å². The molecule has 2 saturated heterocycles. The van der Waals surface area contributed by atoms with Gasteiger partial charge < -0.3 is 9.84 Å². The lowest BCUT2D eigenvalue weighted by molar-refractivity contribution is -0.144. The van der Waals surface area contributed by atoms with Crippen LogP contribution in [0.1, 0.15) is 20.3 Å². The Bertz CT molecular complexity index is 336. The van der Waals surface area contributed by atoms with Gasteiger partial charge in [-0.3, -0.25) is 0 Å². The van der Waals surface area contributed by atoms with Gasteiger partial charge in [0.05, 0.1) is 17.3 Å². The minimum atomic E-state index is -0.487. The fraction of sp³-hybridized carbons (Fsp3) is 0.833. The maximum atomic E-state index is 10.5. The second-order valence-corrected chi connectivity index (χ2v) is 5.87. The summed E-state index contributed by atoms with van der Waals surface area (Å²) in [6.07, 6.45) is 5.98. The Morgan fingerprint density at radius 2 is 2.00 bits per heavy atom. The zero-order valence-corrected chi connectivity index (χ0v) is 8.60. The molecule has 0 spiro atoms. The molecule has 0 aromatic carbocycles. The molecular formula is C12H16O2. The zero-order chi connectivity index (χ0) is 9.72. The Balaban J connectivity index is 1.97. The topological polar surface area (TPSA) is 29.5 Å². The molecule has 76 valence electrons. The molecule has 2 heterocycles. The van der Waals surface area contributed by atoms with Crippen LogP contribution in [0.2, 0.25) is 0 Å². The predicted molar refractivity (Wildman–Crippen MR) is 51.6 cm³/mol. The van der Waals surface area contributed by atoms with E-state index in [1.807, 2.05) is 6.92 Å². The van der Waals surface area contributed by atoms with Crippen molar-refractivity contribution in [2.75, 3.05) is 0 Å². The molecule has 3 aliphatic carbocycles. The highest BCUT2D eigenvalue weighted by molar-refractivity contribution is 5.32. The van der Waals surface area contributed by atoms with E-state index in [0.717, 1.165) is 6.42 Å². The third-order valence-corrected chi connectivity index (χ3v) is 5.39. The van der Waals surface area contributed by atoms with Crippen LogP contribution < -0.4 is 0 Å². The molecule has 5 aliphatic rings. The van der Waals surface area contributed by atoms with Gasteiger partial charge in [-0.1, -0.05) is 12.2 Å². The second-order valence-electron chi connectivity index (χ2n) is 5.87. The maximum absolute atomic E-state index is 10.5. The van der Waals surface area contributed by atoms with Crippen LogP contribution >= 0.6 is 0 Å². The van der Waals surface area contributed by atoms with Crippen molar-refractivity contribution >= 4 is 0 Å². The summed E-state index contributed by atoms with van der Waals surface area (Å²) in [5, 5.41) is 10.5. The fourth-order valence-electron chi connectivity index (χ4n) is 4.82. The molecule has 0 aromatic heterocycles. The average molecular weight is 192 g/mol. The van der Waals surface area contributed by atoms with Gasteiger partial charge in [-0.15, -0.1) is 0 Å². The summed E-state index contributed by atoms with van der Waals surface area (Å²) >= 11 is 0. The quantitative estimate of drug-likeness (QED) is 0.587. The Morgan fingerprint density at radius 3 is 2.79 bits per heavy atom. The van der Waals surface area contributed by atoms with E-state index in [1.54, 1.807) is 0 Å². The lowest BCUT2D eigenvalue weighted by Crippen LogP contribution is -2.54. The molecule has 1 N–H and O–H groups in total. The van der Waals surface area contributed by atoms with Gasteiger partial charge in [-0.05, 0) is 26.2 Å². The normalized spacial score (nSPS) is 72.4. The Kier molecular flexibility index (Phi) is 1.03. The van der Waals surface area contributed by atoms with Crippen LogP contribution in [0.4, 0.5) is 0 Å². The summed E-state index contributed by atoms with van der Waals surface area (Å²) in [6, 6.07) is 0. The monoisotopic (exact) mass is 192 g/mol. The van der Waals surface area contributed by atoms with E-state index in [-0.39, 0.29) is 5.60 Å². The molecule has 5 rings (SSSR count). The molecular weight excluding hydrogens is 176 g/mol.